The quantitative estimate of drug-likeness (QED) is 0.749. The Kier molecular flexibility index (Phi) is 3.00. The van der Waals surface area contributed by atoms with Crippen molar-refractivity contribution < 1.29 is 13.9 Å². The van der Waals surface area contributed by atoms with E-state index in [-0.39, 0.29) is 6.10 Å². The van der Waals surface area contributed by atoms with E-state index in [1.807, 2.05) is 6.92 Å². The summed E-state index contributed by atoms with van der Waals surface area (Å²) in [5.74, 6) is 0. The minimum Gasteiger partial charge on any atom is -0.442 e. The zero-order chi connectivity index (χ0) is 9.80. The third-order valence-electron chi connectivity index (χ3n) is 1.96. The van der Waals surface area contributed by atoms with Gasteiger partial charge < -0.3 is 19.2 Å². The second-order valence-corrected chi connectivity index (χ2v) is 3.16. The van der Waals surface area contributed by atoms with Crippen molar-refractivity contribution in [3.63, 3.8) is 0 Å². The van der Waals surface area contributed by atoms with E-state index in [0.717, 1.165) is 12.2 Å². The standard InChI is InChI=1S/C9H14N2O3/c1-2-10-3-7-4-13-9(11-7)14-8-5-12-6-8/h4,8,10H,2-3,5-6H2,1H3. The molecule has 0 spiro atoms. The average Bonchev–Trinajstić information content (AvgIpc) is 2.56. The number of nitrogens with one attached hydrogen (secondary N) is 1. The van der Waals surface area contributed by atoms with Crippen molar-refractivity contribution in [2.24, 2.45) is 0 Å². The summed E-state index contributed by atoms with van der Waals surface area (Å²) in [6, 6.07) is 0. The number of hydrogen-bond donors (Lipinski definition) is 1. The van der Waals surface area contributed by atoms with Crippen LogP contribution in [0.2, 0.25) is 0 Å². The number of nitrogens with zero attached hydrogens (tertiary/aromatic N) is 1. The van der Waals surface area contributed by atoms with Crippen LogP contribution >= 0.6 is 0 Å². The molecule has 0 aliphatic carbocycles. The molecule has 1 aromatic heterocycles. The Balaban J connectivity index is 1.82. The van der Waals surface area contributed by atoms with E-state index >= 15 is 0 Å². The molecule has 1 fully saturated rings. The number of hydrogen-bond acceptors (Lipinski definition) is 5. The van der Waals surface area contributed by atoms with Gasteiger partial charge in [-0.15, -0.1) is 0 Å². The number of aromatic nitrogens is 1. The van der Waals surface area contributed by atoms with Crippen LogP contribution in [-0.4, -0.2) is 30.8 Å². The minimum absolute atomic E-state index is 0.112. The monoisotopic (exact) mass is 198 g/mol. The van der Waals surface area contributed by atoms with Crippen molar-refractivity contribution in [3.8, 4) is 6.08 Å². The molecule has 0 aromatic carbocycles. The van der Waals surface area contributed by atoms with E-state index in [2.05, 4.69) is 10.3 Å². The SMILES string of the molecule is CCNCc1coc(OC2COC2)n1. The lowest BCUT2D eigenvalue weighted by Gasteiger charge is -2.24. The lowest BCUT2D eigenvalue weighted by Crippen LogP contribution is -2.38. The van der Waals surface area contributed by atoms with E-state index < -0.39 is 0 Å². The molecular formula is C9H14N2O3. The molecule has 0 unspecified atom stereocenters. The molecule has 0 amide bonds. The van der Waals surface area contributed by atoms with Gasteiger partial charge in [0.05, 0.1) is 18.9 Å². The number of oxazole rings is 1. The van der Waals surface area contributed by atoms with Gasteiger partial charge in [-0.25, -0.2) is 0 Å². The molecule has 1 N–H and O–H groups in total. The van der Waals surface area contributed by atoms with Crippen LogP contribution < -0.4 is 10.1 Å². The van der Waals surface area contributed by atoms with Crippen LogP contribution in [0.4, 0.5) is 0 Å². The van der Waals surface area contributed by atoms with E-state index in [1.54, 1.807) is 6.26 Å². The molecule has 0 saturated carbocycles. The highest BCUT2D eigenvalue weighted by molar-refractivity contribution is 5.00. The van der Waals surface area contributed by atoms with Gasteiger partial charge in [0.1, 0.15) is 6.26 Å². The fourth-order valence-electron chi connectivity index (χ4n) is 1.10. The van der Waals surface area contributed by atoms with Crippen LogP contribution in [0.5, 0.6) is 6.08 Å². The zero-order valence-corrected chi connectivity index (χ0v) is 8.16. The Morgan fingerprint density at radius 2 is 2.50 bits per heavy atom. The van der Waals surface area contributed by atoms with Crippen molar-refractivity contribution in [1.82, 2.24) is 10.3 Å². The van der Waals surface area contributed by atoms with E-state index in [4.69, 9.17) is 13.9 Å². The van der Waals surface area contributed by atoms with Crippen molar-refractivity contribution in [2.45, 2.75) is 19.6 Å². The summed E-state index contributed by atoms with van der Waals surface area (Å²) in [5.41, 5.74) is 0.863. The van der Waals surface area contributed by atoms with E-state index in [1.165, 1.54) is 0 Å². The van der Waals surface area contributed by atoms with Gasteiger partial charge in [-0.2, -0.15) is 4.98 Å². The maximum Gasteiger partial charge on any atom is 0.394 e. The fraction of sp³-hybridized carbons (Fsp3) is 0.667. The van der Waals surface area contributed by atoms with Crippen molar-refractivity contribution in [2.75, 3.05) is 19.8 Å². The van der Waals surface area contributed by atoms with Gasteiger partial charge in [0.15, 0.2) is 6.10 Å². The smallest absolute Gasteiger partial charge is 0.394 e. The lowest BCUT2D eigenvalue weighted by atomic mass is 10.3. The maximum atomic E-state index is 5.38. The Morgan fingerprint density at radius 1 is 1.64 bits per heavy atom. The van der Waals surface area contributed by atoms with E-state index in [9.17, 15) is 0 Å². The van der Waals surface area contributed by atoms with E-state index in [0.29, 0.717) is 25.8 Å². The molecule has 0 atom stereocenters. The van der Waals surface area contributed by atoms with Crippen LogP contribution in [0.15, 0.2) is 10.7 Å². The molecule has 2 rings (SSSR count). The van der Waals surface area contributed by atoms with Crippen molar-refractivity contribution >= 4 is 0 Å². The number of rotatable bonds is 5. The second kappa shape index (κ2) is 4.43. The topological polar surface area (TPSA) is 56.5 Å². The minimum atomic E-state index is 0.112. The first-order chi connectivity index (χ1) is 6.88. The highest BCUT2D eigenvalue weighted by Crippen LogP contribution is 2.15. The van der Waals surface area contributed by atoms with Gasteiger partial charge in [-0.3, -0.25) is 0 Å². The first kappa shape index (κ1) is 9.48. The van der Waals surface area contributed by atoms with Crippen LogP contribution in [-0.2, 0) is 11.3 Å². The average molecular weight is 198 g/mol. The Hall–Kier alpha value is -1.07. The molecule has 2 heterocycles. The van der Waals surface area contributed by atoms with Gasteiger partial charge in [-0.05, 0) is 6.54 Å². The van der Waals surface area contributed by atoms with Gasteiger partial charge in [-0.1, -0.05) is 6.92 Å². The summed E-state index contributed by atoms with van der Waals surface area (Å²) < 4.78 is 15.5. The Labute approximate surface area is 82.4 Å². The third kappa shape index (κ3) is 2.24. The second-order valence-electron chi connectivity index (χ2n) is 3.16. The summed E-state index contributed by atoms with van der Waals surface area (Å²) in [7, 11) is 0. The third-order valence-corrected chi connectivity index (χ3v) is 1.96. The number of ether oxygens (including phenoxy) is 2. The van der Waals surface area contributed by atoms with Gasteiger partial charge in [0, 0.05) is 6.54 Å². The first-order valence-electron chi connectivity index (χ1n) is 4.78. The predicted molar refractivity (Wildman–Crippen MR) is 49.1 cm³/mol. The highest BCUT2D eigenvalue weighted by Gasteiger charge is 2.22. The summed E-state index contributed by atoms with van der Waals surface area (Å²) in [4.78, 5) is 4.16. The molecule has 5 nitrogen and oxygen atoms in total. The maximum absolute atomic E-state index is 5.38. The largest absolute Gasteiger partial charge is 0.442 e. The molecule has 78 valence electrons. The lowest BCUT2D eigenvalue weighted by molar-refractivity contribution is -0.0894. The molecule has 1 aromatic rings. The van der Waals surface area contributed by atoms with Gasteiger partial charge in [0.2, 0.25) is 0 Å². The predicted octanol–water partition coefficient (Wildman–Crippen LogP) is 0.562. The van der Waals surface area contributed by atoms with Gasteiger partial charge >= 0.3 is 6.08 Å². The molecular weight excluding hydrogens is 184 g/mol. The molecule has 1 saturated heterocycles. The summed E-state index contributed by atoms with van der Waals surface area (Å²) in [5, 5.41) is 3.16. The molecule has 1 aliphatic rings. The summed E-state index contributed by atoms with van der Waals surface area (Å²) in [6.45, 7) is 4.93. The molecule has 0 bridgehead atoms. The van der Waals surface area contributed by atoms with Crippen LogP contribution in [0.25, 0.3) is 0 Å². The Morgan fingerprint density at radius 3 is 3.14 bits per heavy atom. The van der Waals surface area contributed by atoms with Crippen LogP contribution in [0.1, 0.15) is 12.6 Å². The zero-order valence-electron chi connectivity index (χ0n) is 8.16. The van der Waals surface area contributed by atoms with Crippen molar-refractivity contribution in [3.05, 3.63) is 12.0 Å². The summed E-state index contributed by atoms with van der Waals surface area (Å²) >= 11 is 0. The normalized spacial score (nSPS) is 16.6. The molecule has 5 heteroatoms. The van der Waals surface area contributed by atoms with Crippen LogP contribution in [0, 0.1) is 0 Å². The highest BCUT2D eigenvalue weighted by atomic mass is 16.6. The van der Waals surface area contributed by atoms with Crippen molar-refractivity contribution in [1.29, 1.82) is 0 Å². The Bertz CT molecular complexity index is 283. The summed E-state index contributed by atoms with van der Waals surface area (Å²) in [6.07, 6.45) is 2.06. The molecule has 0 radical (unpaired) electrons. The fourth-order valence-corrected chi connectivity index (χ4v) is 1.10. The molecule has 1 aliphatic heterocycles. The molecule has 14 heavy (non-hydrogen) atoms. The van der Waals surface area contributed by atoms with Crippen LogP contribution in [0.3, 0.4) is 0 Å². The first-order valence-corrected chi connectivity index (χ1v) is 4.78. The van der Waals surface area contributed by atoms with Gasteiger partial charge in [0.25, 0.3) is 0 Å².